The molecule has 5 heteroatoms. The highest BCUT2D eigenvalue weighted by Crippen LogP contribution is 2.20. The van der Waals surface area contributed by atoms with Gasteiger partial charge < -0.3 is 5.11 Å². The molecule has 0 aromatic rings. The van der Waals surface area contributed by atoms with Gasteiger partial charge in [-0.15, -0.1) is 0 Å². The Bertz CT molecular complexity index is 167. The van der Waals surface area contributed by atoms with E-state index < -0.39 is 12.0 Å². The number of carboxylic acids is 1. The van der Waals surface area contributed by atoms with Crippen molar-refractivity contribution < 1.29 is 9.90 Å². The first kappa shape index (κ1) is 12.1. The van der Waals surface area contributed by atoms with E-state index in [2.05, 4.69) is 25.4 Å². The van der Waals surface area contributed by atoms with E-state index in [9.17, 15) is 4.79 Å². The van der Waals surface area contributed by atoms with Gasteiger partial charge in [-0.05, 0) is 20.8 Å². The van der Waals surface area contributed by atoms with Crippen molar-refractivity contribution in [3.05, 3.63) is 0 Å². The van der Waals surface area contributed by atoms with E-state index in [1.807, 2.05) is 20.8 Å². The van der Waals surface area contributed by atoms with Crippen LogP contribution in [0.5, 0.6) is 0 Å². The number of rotatable bonds is 3. The zero-order valence-corrected chi connectivity index (χ0v) is 9.27. The summed E-state index contributed by atoms with van der Waals surface area (Å²) in [4.78, 5) is 10.7. The molecule has 0 saturated carbocycles. The minimum Gasteiger partial charge on any atom is -0.480 e. The highest BCUT2D eigenvalue weighted by Gasteiger charge is 2.30. The second-order valence-corrected chi connectivity index (χ2v) is 4.35. The van der Waals surface area contributed by atoms with Crippen molar-refractivity contribution in [2.75, 3.05) is 5.75 Å². The lowest BCUT2D eigenvalue weighted by molar-refractivity contribution is -0.141. The Morgan fingerprint density at radius 3 is 2.08 bits per heavy atom. The fourth-order valence-corrected chi connectivity index (χ4v) is 1.36. The summed E-state index contributed by atoms with van der Waals surface area (Å²) in [6.45, 7) is 5.71. The predicted octanol–water partition coefficient (Wildman–Crippen LogP) is 1.31. The maximum atomic E-state index is 10.7. The summed E-state index contributed by atoms with van der Waals surface area (Å²) in [6.07, 6.45) is 0. The molecule has 0 spiro atoms. The Kier molecular flexibility index (Phi) is 4.44. The molecule has 12 heavy (non-hydrogen) atoms. The van der Waals surface area contributed by atoms with E-state index >= 15 is 0 Å². The first-order valence-electron chi connectivity index (χ1n) is 3.62. The van der Waals surface area contributed by atoms with Crippen LogP contribution >= 0.6 is 25.4 Å². The van der Waals surface area contributed by atoms with Crippen LogP contribution < -0.4 is 0 Å². The molecule has 0 saturated heterocycles. The van der Waals surface area contributed by atoms with Gasteiger partial charge in [-0.2, -0.15) is 12.6 Å². The normalized spacial score (nSPS) is 14.8. The minimum atomic E-state index is -0.894. The summed E-state index contributed by atoms with van der Waals surface area (Å²) in [5, 5.41) is 8.77. The maximum Gasteiger partial charge on any atom is 0.322 e. The van der Waals surface area contributed by atoms with Crippen LogP contribution in [-0.2, 0) is 4.79 Å². The summed E-state index contributed by atoms with van der Waals surface area (Å²) in [7, 11) is 0. The highest BCUT2D eigenvalue weighted by molar-refractivity contribution is 7.80. The van der Waals surface area contributed by atoms with E-state index in [-0.39, 0.29) is 11.3 Å². The van der Waals surface area contributed by atoms with Crippen LogP contribution in [0.1, 0.15) is 20.8 Å². The monoisotopic (exact) mass is 209 g/mol. The smallest absolute Gasteiger partial charge is 0.322 e. The molecule has 0 fully saturated rings. The van der Waals surface area contributed by atoms with Gasteiger partial charge in [-0.25, -0.2) is 4.31 Å². The van der Waals surface area contributed by atoms with Crippen molar-refractivity contribution in [3.8, 4) is 0 Å². The van der Waals surface area contributed by atoms with Crippen molar-refractivity contribution in [2.24, 2.45) is 0 Å². The number of carboxylic acid groups (broad SMARTS) is 1. The highest BCUT2D eigenvalue weighted by atomic mass is 32.1. The number of thiol groups is 2. The van der Waals surface area contributed by atoms with Crippen molar-refractivity contribution in [2.45, 2.75) is 32.4 Å². The van der Waals surface area contributed by atoms with Crippen LogP contribution in [0, 0.1) is 0 Å². The predicted molar refractivity (Wildman–Crippen MR) is 55.9 cm³/mol. The van der Waals surface area contributed by atoms with Gasteiger partial charge in [-0.3, -0.25) is 4.79 Å². The van der Waals surface area contributed by atoms with Crippen molar-refractivity contribution >= 4 is 31.4 Å². The van der Waals surface area contributed by atoms with E-state index in [1.54, 1.807) is 0 Å². The zero-order valence-electron chi connectivity index (χ0n) is 7.48. The van der Waals surface area contributed by atoms with Gasteiger partial charge in [0.2, 0.25) is 0 Å². The molecule has 0 amide bonds. The number of carbonyl (C=O) groups is 1. The summed E-state index contributed by atoms with van der Waals surface area (Å²) in [5.74, 6) is -0.634. The first-order chi connectivity index (χ1) is 5.30. The van der Waals surface area contributed by atoms with Crippen molar-refractivity contribution in [3.63, 3.8) is 0 Å². The Labute approximate surface area is 84.1 Å². The molecule has 0 bridgehead atoms. The molecule has 3 nitrogen and oxygen atoms in total. The van der Waals surface area contributed by atoms with E-state index in [4.69, 9.17) is 5.11 Å². The Hall–Kier alpha value is 0.130. The third-order valence-electron chi connectivity index (χ3n) is 1.44. The molecular weight excluding hydrogens is 194 g/mol. The van der Waals surface area contributed by atoms with Gasteiger partial charge in [0.25, 0.3) is 0 Å². The van der Waals surface area contributed by atoms with Crippen LogP contribution in [0.4, 0.5) is 0 Å². The average molecular weight is 209 g/mol. The summed E-state index contributed by atoms with van der Waals surface area (Å²) in [5.41, 5.74) is -0.269. The number of nitrogens with zero attached hydrogens (tertiary/aromatic N) is 1. The van der Waals surface area contributed by atoms with E-state index in [0.29, 0.717) is 0 Å². The molecule has 72 valence electrons. The molecular formula is C7H15NO2S2. The van der Waals surface area contributed by atoms with Crippen molar-refractivity contribution in [1.82, 2.24) is 4.31 Å². The van der Waals surface area contributed by atoms with Crippen LogP contribution in [-0.4, -0.2) is 32.7 Å². The summed E-state index contributed by atoms with van der Waals surface area (Å²) >= 11 is 8.08. The third-order valence-corrected chi connectivity index (χ3v) is 2.67. The Morgan fingerprint density at radius 2 is 2.00 bits per heavy atom. The molecule has 1 unspecified atom stereocenters. The lowest BCUT2D eigenvalue weighted by atomic mass is 10.1. The van der Waals surface area contributed by atoms with Crippen LogP contribution in [0.25, 0.3) is 0 Å². The fourth-order valence-electron chi connectivity index (χ4n) is 0.728. The molecule has 0 aliphatic heterocycles. The van der Waals surface area contributed by atoms with Gasteiger partial charge >= 0.3 is 5.97 Å². The Morgan fingerprint density at radius 1 is 1.58 bits per heavy atom. The molecule has 0 aromatic heterocycles. The van der Waals surface area contributed by atoms with Gasteiger partial charge in [0.05, 0.1) is 0 Å². The quantitative estimate of drug-likeness (QED) is 0.614. The molecule has 0 aliphatic carbocycles. The molecule has 0 heterocycles. The Balaban J connectivity index is 4.42. The summed E-state index contributed by atoms with van der Waals surface area (Å²) in [6, 6.07) is -0.642. The van der Waals surface area contributed by atoms with Crippen LogP contribution in [0.2, 0.25) is 0 Å². The number of aliphatic carboxylic acids is 1. The molecule has 1 N–H and O–H groups in total. The molecule has 0 aromatic carbocycles. The average Bonchev–Trinajstić information content (AvgIpc) is 1.86. The first-order valence-corrected chi connectivity index (χ1v) is 4.66. The van der Waals surface area contributed by atoms with Gasteiger partial charge in [-0.1, -0.05) is 12.8 Å². The molecule has 0 radical (unpaired) electrons. The lowest BCUT2D eigenvalue weighted by Crippen LogP contribution is -2.46. The van der Waals surface area contributed by atoms with Crippen LogP contribution in [0.3, 0.4) is 0 Å². The molecule has 1 atom stereocenters. The zero-order chi connectivity index (χ0) is 9.94. The standard InChI is InChI=1S/C7H15NO2S2/c1-7(2,3)8(12)5(4-11)6(9)10/h5,11-12H,4H2,1-3H3,(H,9,10). The second kappa shape index (κ2) is 4.39. The number of hydrogen-bond acceptors (Lipinski definition) is 4. The van der Waals surface area contributed by atoms with Gasteiger partial charge in [0, 0.05) is 11.3 Å². The largest absolute Gasteiger partial charge is 0.480 e. The minimum absolute atomic E-state index is 0.260. The topological polar surface area (TPSA) is 40.5 Å². The van der Waals surface area contributed by atoms with Gasteiger partial charge in [0.1, 0.15) is 6.04 Å². The number of hydrogen-bond donors (Lipinski definition) is 3. The fraction of sp³-hybridized carbons (Fsp3) is 0.857. The SMILES string of the molecule is CC(C)(C)N(S)C(CS)C(=O)O. The van der Waals surface area contributed by atoms with E-state index in [1.165, 1.54) is 4.31 Å². The maximum absolute atomic E-state index is 10.7. The third kappa shape index (κ3) is 3.25. The van der Waals surface area contributed by atoms with E-state index in [0.717, 1.165) is 0 Å². The molecule has 0 rings (SSSR count). The second-order valence-electron chi connectivity index (χ2n) is 3.55. The molecule has 0 aliphatic rings. The summed E-state index contributed by atoms with van der Waals surface area (Å²) < 4.78 is 1.50. The van der Waals surface area contributed by atoms with Crippen LogP contribution in [0.15, 0.2) is 0 Å². The lowest BCUT2D eigenvalue weighted by Gasteiger charge is -2.34. The van der Waals surface area contributed by atoms with Crippen molar-refractivity contribution in [1.29, 1.82) is 0 Å². The van der Waals surface area contributed by atoms with Gasteiger partial charge in [0.15, 0.2) is 0 Å².